The van der Waals surface area contributed by atoms with Gasteiger partial charge in [0.2, 0.25) is 11.9 Å². The zero-order chi connectivity index (χ0) is 38.8. The summed E-state index contributed by atoms with van der Waals surface area (Å²) in [4.78, 5) is 45.3. The van der Waals surface area contributed by atoms with Crippen LogP contribution in [0.5, 0.6) is 5.75 Å². The molecule has 2 aromatic carbocycles. The van der Waals surface area contributed by atoms with Crippen molar-refractivity contribution >= 4 is 47.0 Å². The van der Waals surface area contributed by atoms with Crippen molar-refractivity contribution in [1.82, 2.24) is 29.7 Å². The number of para-hydroxylation sites is 1. The van der Waals surface area contributed by atoms with Gasteiger partial charge in [0.05, 0.1) is 0 Å². The van der Waals surface area contributed by atoms with E-state index in [1.165, 1.54) is 12.1 Å². The van der Waals surface area contributed by atoms with Crippen LogP contribution in [0.15, 0.2) is 66.7 Å². The first-order valence-electron chi connectivity index (χ1n) is 16.7. The fourth-order valence-corrected chi connectivity index (χ4v) is 4.44. The van der Waals surface area contributed by atoms with Crippen LogP contribution < -0.4 is 36.6 Å². The van der Waals surface area contributed by atoms with Gasteiger partial charge in [0.1, 0.15) is 17.4 Å². The number of hydrogen-bond acceptors (Lipinski definition) is 11. The van der Waals surface area contributed by atoms with E-state index in [1.807, 2.05) is 71.5 Å². The molecule has 286 valence electrons. The van der Waals surface area contributed by atoms with E-state index in [0.717, 1.165) is 50.3 Å². The van der Waals surface area contributed by atoms with Gasteiger partial charge in [0, 0.05) is 48.0 Å². The maximum Gasteiger partial charge on any atom is 0.573 e. The molecule has 0 radical (unpaired) electrons. The number of benzene rings is 2. The highest BCUT2D eigenvalue weighted by Crippen LogP contribution is 2.24. The van der Waals surface area contributed by atoms with E-state index in [2.05, 4.69) is 66.4 Å². The van der Waals surface area contributed by atoms with Gasteiger partial charge in [-0.25, -0.2) is 19.6 Å². The van der Waals surface area contributed by atoms with Crippen molar-refractivity contribution in [3.8, 4) is 5.75 Å². The summed E-state index contributed by atoms with van der Waals surface area (Å²) in [6.07, 6.45) is -2.84. The lowest BCUT2D eigenvalue weighted by molar-refractivity contribution is -0.274. The second kappa shape index (κ2) is 20.9. The molecule has 4 aromatic rings. The molecule has 0 fully saturated rings. The minimum absolute atomic E-state index is 0.106. The van der Waals surface area contributed by atoms with Gasteiger partial charge in [-0.15, -0.1) is 13.2 Å². The van der Waals surface area contributed by atoms with Gasteiger partial charge in [-0.3, -0.25) is 10.6 Å². The number of rotatable bonds is 15. The number of nitrogens with one attached hydrogen (secondary N) is 6. The van der Waals surface area contributed by atoms with Crippen molar-refractivity contribution in [3.05, 3.63) is 78.1 Å². The molecule has 6 N–H and O–H groups in total. The Balaban J connectivity index is 0.000000290. The fraction of sp³-hybridized carbons (Fsp3) is 0.371. The van der Waals surface area contributed by atoms with Gasteiger partial charge in [-0.2, -0.15) is 9.97 Å². The fourth-order valence-electron chi connectivity index (χ4n) is 4.44. The Labute approximate surface area is 307 Å². The van der Waals surface area contributed by atoms with E-state index in [1.54, 1.807) is 13.0 Å². The Kier molecular flexibility index (Phi) is 16.5. The third-order valence-corrected chi connectivity index (χ3v) is 6.71. The van der Waals surface area contributed by atoms with Gasteiger partial charge < -0.3 is 35.8 Å². The average molecular weight is 741 g/mol. The first kappa shape index (κ1) is 41.7. The molecule has 0 spiro atoms. The highest BCUT2D eigenvalue weighted by Gasteiger charge is 2.31. The number of carbonyl (C=O) groups is 2. The zero-order valence-electron chi connectivity index (χ0n) is 30.6. The van der Waals surface area contributed by atoms with E-state index in [-0.39, 0.29) is 29.4 Å². The summed E-state index contributed by atoms with van der Waals surface area (Å²) in [5.74, 6) is 1.29. The quantitative estimate of drug-likeness (QED) is 0.0737. The van der Waals surface area contributed by atoms with Crippen molar-refractivity contribution in [2.24, 2.45) is 0 Å². The van der Waals surface area contributed by atoms with E-state index < -0.39 is 12.4 Å². The predicted molar refractivity (Wildman–Crippen MR) is 202 cm³/mol. The molecule has 0 saturated heterocycles. The van der Waals surface area contributed by atoms with E-state index in [9.17, 15) is 22.8 Å². The van der Waals surface area contributed by atoms with Gasteiger partial charge in [-0.1, -0.05) is 18.2 Å². The maximum atomic E-state index is 12.2. The molecule has 0 aliphatic heterocycles. The second-order valence-corrected chi connectivity index (χ2v) is 12.2. The number of aromatic nitrogens is 4. The average Bonchev–Trinajstić information content (AvgIpc) is 3.05. The molecule has 0 unspecified atom stereocenters. The summed E-state index contributed by atoms with van der Waals surface area (Å²) in [6.45, 7) is 7.10. The van der Waals surface area contributed by atoms with Crippen LogP contribution in [0.1, 0.15) is 24.2 Å². The Morgan fingerprint density at radius 2 is 1.08 bits per heavy atom. The van der Waals surface area contributed by atoms with Crippen molar-refractivity contribution in [2.45, 2.75) is 33.1 Å². The monoisotopic (exact) mass is 740 g/mol. The van der Waals surface area contributed by atoms with Crippen molar-refractivity contribution < 1.29 is 27.5 Å². The lowest BCUT2D eigenvalue weighted by Gasteiger charge is -2.12. The molecule has 2 aromatic heterocycles. The Bertz CT molecular complexity index is 1730. The second-order valence-electron chi connectivity index (χ2n) is 12.2. The van der Waals surface area contributed by atoms with Crippen molar-refractivity contribution in [3.63, 3.8) is 0 Å². The Morgan fingerprint density at radius 3 is 1.49 bits per heavy atom. The molecular weight excluding hydrogens is 693 g/mol. The molecule has 15 nitrogen and oxygen atoms in total. The number of nitrogens with zero attached hydrogens (tertiary/aromatic N) is 6. The van der Waals surface area contributed by atoms with Crippen LogP contribution >= 0.6 is 0 Å². The molecule has 0 aliphatic carbocycles. The van der Waals surface area contributed by atoms with Crippen molar-refractivity contribution in [2.75, 3.05) is 86.3 Å². The SMILES string of the molecule is Cc1cc(NCCCN(C)C)nc(NC(=O)Nc2ccc(OC(F)(F)F)cc2)n1.Cc1cc(NCCCN(C)C)nc(NC(=O)Nc2ccccc2)n1. The number of aryl methyl sites for hydroxylation is 2. The number of amides is 4. The molecule has 0 bridgehead atoms. The molecular formula is C35H47F3N12O3. The molecule has 18 heteroatoms. The molecule has 0 atom stereocenters. The predicted octanol–water partition coefficient (Wildman–Crippen LogP) is 6.48. The number of urea groups is 2. The zero-order valence-corrected chi connectivity index (χ0v) is 30.6. The van der Waals surface area contributed by atoms with E-state index in [0.29, 0.717) is 29.6 Å². The summed E-state index contributed by atoms with van der Waals surface area (Å²) in [7, 11) is 8.07. The maximum absolute atomic E-state index is 12.2. The lowest BCUT2D eigenvalue weighted by atomic mass is 10.3. The first-order chi connectivity index (χ1) is 25.1. The third-order valence-electron chi connectivity index (χ3n) is 6.71. The van der Waals surface area contributed by atoms with Crippen LogP contribution in [0.4, 0.5) is 57.7 Å². The van der Waals surface area contributed by atoms with Crippen LogP contribution in [0.3, 0.4) is 0 Å². The molecule has 4 amide bonds. The third kappa shape index (κ3) is 17.8. The highest BCUT2D eigenvalue weighted by molar-refractivity contribution is 5.99. The number of alkyl halides is 3. The van der Waals surface area contributed by atoms with Gasteiger partial charge in [0.15, 0.2) is 0 Å². The number of anilines is 6. The van der Waals surface area contributed by atoms with Crippen molar-refractivity contribution in [1.29, 1.82) is 0 Å². The van der Waals surface area contributed by atoms with Gasteiger partial charge >= 0.3 is 18.4 Å². The Hall–Kier alpha value is -5.75. The molecule has 0 saturated carbocycles. The lowest BCUT2D eigenvalue weighted by Crippen LogP contribution is -2.22. The molecule has 0 aliphatic rings. The summed E-state index contributed by atoms with van der Waals surface area (Å²) >= 11 is 0. The number of ether oxygens (including phenoxy) is 1. The highest BCUT2D eigenvalue weighted by atomic mass is 19.4. The van der Waals surface area contributed by atoms with E-state index in [4.69, 9.17) is 0 Å². The summed E-state index contributed by atoms with van der Waals surface area (Å²) in [5, 5.41) is 16.8. The molecule has 53 heavy (non-hydrogen) atoms. The normalized spacial score (nSPS) is 10.9. The number of hydrogen-bond donors (Lipinski definition) is 6. The van der Waals surface area contributed by atoms with Crippen LogP contribution in [-0.2, 0) is 0 Å². The van der Waals surface area contributed by atoms with Gasteiger partial charge in [-0.05, 0) is 104 Å². The number of carbonyl (C=O) groups excluding carboxylic acids is 2. The van der Waals surface area contributed by atoms with Crippen LogP contribution in [0, 0.1) is 13.8 Å². The van der Waals surface area contributed by atoms with Crippen LogP contribution in [-0.4, -0.2) is 103 Å². The minimum atomic E-state index is -4.77. The van der Waals surface area contributed by atoms with Crippen LogP contribution in [0.25, 0.3) is 0 Å². The molecule has 4 rings (SSSR count). The minimum Gasteiger partial charge on any atom is -0.406 e. The number of halogens is 3. The van der Waals surface area contributed by atoms with Gasteiger partial charge in [0.25, 0.3) is 0 Å². The summed E-state index contributed by atoms with van der Waals surface area (Å²) < 4.78 is 40.3. The van der Waals surface area contributed by atoms with Crippen LogP contribution in [0.2, 0.25) is 0 Å². The standard InChI is InChI=1S/C18H23F3N6O2.C17H24N6O/c1-12-11-15(22-9-4-10-27(2)3)25-16(23-12)26-17(28)24-13-5-7-14(8-6-13)29-18(19,20)21;1-13-12-15(18-10-7-11-23(2)3)21-16(19-13)22-17(24)20-14-8-5-4-6-9-14/h5-8,11H,4,9-10H2,1-3H3,(H3,22,23,24,25,26,28);4-6,8-9,12H,7,10-11H2,1-3H3,(H3,18,19,20,21,22,24). The smallest absolute Gasteiger partial charge is 0.406 e. The first-order valence-corrected chi connectivity index (χ1v) is 16.7. The molecule has 2 heterocycles. The summed E-state index contributed by atoms with van der Waals surface area (Å²) in [6, 6.07) is 16.6. The largest absolute Gasteiger partial charge is 0.573 e. The summed E-state index contributed by atoms with van der Waals surface area (Å²) in [5.41, 5.74) is 2.45. The topological polar surface area (TPSA) is 174 Å². The Morgan fingerprint density at radius 1 is 0.642 bits per heavy atom. The van der Waals surface area contributed by atoms with E-state index >= 15 is 0 Å².